The fraction of sp³-hybridized carbons (Fsp3) is 0.632. The predicted octanol–water partition coefficient (Wildman–Crippen LogP) is 3.13. The maximum atomic E-state index is 13.0. The van der Waals surface area contributed by atoms with Crippen LogP contribution in [0.5, 0.6) is 0 Å². The van der Waals surface area contributed by atoms with Crippen molar-refractivity contribution in [3.05, 3.63) is 35.9 Å². The van der Waals surface area contributed by atoms with Crippen LogP contribution in [-0.4, -0.2) is 29.4 Å². The average Bonchev–Trinajstić information content (AvgIpc) is 3.20. The second-order valence-corrected chi connectivity index (χ2v) is 6.98. The van der Waals surface area contributed by atoms with Gasteiger partial charge in [0.15, 0.2) is 0 Å². The fourth-order valence-electron chi connectivity index (χ4n) is 4.06. The summed E-state index contributed by atoms with van der Waals surface area (Å²) in [5.74, 6) is 0.544. The molecule has 1 aromatic rings. The minimum atomic E-state index is 0.173. The van der Waals surface area contributed by atoms with Gasteiger partial charge in [0, 0.05) is 24.5 Å². The standard InChI is InChI=1S/C19H28N2O/c20-17-11-10-16(14-17)19(22)21(18-8-4-5-9-18)13-12-15-6-2-1-3-7-15/h1-3,6-7,16-18H,4-5,8-14,20H2. The highest BCUT2D eigenvalue weighted by Crippen LogP contribution is 2.30. The van der Waals surface area contributed by atoms with E-state index in [0.29, 0.717) is 11.9 Å². The first-order chi connectivity index (χ1) is 10.7. The minimum Gasteiger partial charge on any atom is -0.339 e. The number of rotatable bonds is 5. The van der Waals surface area contributed by atoms with Crippen LogP contribution in [-0.2, 0) is 11.2 Å². The number of hydrogen-bond donors (Lipinski definition) is 1. The first-order valence-electron chi connectivity index (χ1n) is 8.84. The highest BCUT2D eigenvalue weighted by Gasteiger charge is 2.34. The lowest BCUT2D eigenvalue weighted by Crippen LogP contribution is -2.43. The molecule has 2 aliphatic carbocycles. The molecule has 22 heavy (non-hydrogen) atoms. The van der Waals surface area contributed by atoms with Crippen LogP contribution in [0.25, 0.3) is 0 Å². The van der Waals surface area contributed by atoms with Crippen LogP contribution in [0.15, 0.2) is 30.3 Å². The molecule has 0 bridgehead atoms. The van der Waals surface area contributed by atoms with Gasteiger partial charge in [0.25, 0.3) is 0 Å². The summed E-state index contributed by atoms with van der Waals surface area (Å²) in [7, 11) is 0. The predicted molar refractivity (Wildman–Crippen MR) is 89.4 cm³/mol. The molecule has 2 unspecified atom stereocenters. The van der Waals surface area contributed by atoms with Crippen LogP contribution in [0, 0.1) is 5.92 Å². The van der Waals surface area contributed by atoms with Crippen molar-refractivity contribution < 1.29 is 4.79 Å². The molecule has 2 N–H and O–H groups in total. The Morgan fingerprint density at radius 3 is 2.45 bits per heavy atom. The minimum absolute atomic E-state index is 0.173. The Balaban J connectivity index is 1.65. The third-order valence-electron chi connectivity index (χ3n) is 5.36. The molecule has 120 valence electrons. The normalized spacial score (nSPS) is 25.5. The average molecular weight is 300 g/mol. The molecule has 3 rings (SSSR count). The zero-order chi connectivity index (χ0) is 15.4. The van der Waals surface area contributed by atoms with E-state index in [9.17, 15) is 4.79 Å². The van der Waals surface area contributed by atoms with Gasteiger partial charge < -0.3 is 10.6 Å². The van der Waals surface area contributed by atoms with E-state index < -0.39 is 0 Å². The van der Waals surface area contributed by atoms with Crippen molar-refractivity contribution in [2.24, 2.45) is 11.7 Å². The van der Waals surface area contributed by atoms with Crippen molar-refractivity contribution >= 4 is 5.91 Å². The van der Waals surface area contributed by atoms with Crippen molar-refractivity contribution in [1.29, 1.82) is 0 Å². The Morgan fingerprint density at radius 1 is 1.09 bits per heavy atom. The van der Waals surface area contributed by atoms with Crippen molar-refractivity contribution in [1.82, 2.24) is 4.90 Å². The maximum Gasteiger partial charge on any atom is 0.226 e. The van der Waals surface area contributed by atoms with E-state index in [0.717, 1.165) is 32.2 Å². The molecule has 1 amide bonds. The Morgan fingerprint density at radius 2 is 1.82 bits per heavy atom. The smallest absolute Gasteiger partial charge is 0.226 e. The molecule has 1 aromatic carbocycles. The molecule has 0 radical (unpaired) electrons. The van der Waals surface area contributed by atoms with Crippen molar-refractivity contribution in [3.63, 3.8) is 0 Å². The van der Waals surface area contributed by atoms with Crippen molar-refractivity contribution in [2.75, 3.05) is 6.54 Å². The molecule has 3 nitrogen and oxygen atoms in total. The quantitative estimate of drug-likeness (QED) is 0.908. The van der Waals surface area contributed by atoms with Gasteiger partial charge in [0.05, 0.1) is 0 Å². The Kier molecular flexibility index (Phi) is 5.14. The van der Waals surface area contributed by atoms with Crippen LogP contribution in [0.1, 0.15) is 50.5 Å². The van der Waals surface area contributed by atoms with Gasteiger partial charge in [-0.1, -0.05) is 43.2 Å². The second kappa shape index (κ2) is 7.28. The summed E-state index contributed by atoms with van der Waals surface area (Å²) in [4.78, 5) is 15.2. The van der Waals surface area contributed by atoms with Gasteiger partial charge in [0.1, 0.15) is 0 Å². The number of carbonyl (C=O) groups is 1. The number of benzene rings is 1. The van der Waals surface area contributed by atoms with Crippen LogP contribution >= 0.6 is 0 Å². The molecule has 2 atom stereocenters. The Bertz CT molecular complexity index is 481. The topological polar surface area (TPSA) is 46.3 Å². The number of amides is 1. The van der Waals surface area contributed by atoms with Crippen molar-refractivity contribution in [3.8, 4) is 0 Å². The summed E-state index contributed by atoms with van der Waals surface area (Å²) in [5, 5.41) is 0. The van der Waals surface area contributed by atoms with Crippen LogP contribution in [0.3, 0.4) is 0 Å². The van der Waals surface area contributed by atoms with Crippen LogP contribution < -0.4 is 5.73 Å². The summed E-state index contributed by atoms with van der Waals surface area (Å²) in [6.45, 7) is 0.860. The van der Waals surface area contributed by atoms with Gasteiger partial charge in [-0.2, -0.15) is 0 Å². The summed E-state index contributed by atoms with van der Waals surface area (Å²) < 4.78 is 0. The molecule has 3 heteroatoms. The van der Waals surface area contributed by atoms with Gasteiger partial charge >= 0.3 is 0 Å². The number of nitrogens with two attached hydrogens (primary N) is 1. The number of hydrogen-bond acceptors (Lipinski definition) is 2. The first kappa shape index (κ1) is 15.5. The van der Waals surface area contributed by atoms with Crippen LogP contribution in [0.4, 0.5) is 0 Å². The molecule has 0 saturated heterocycles. The highest BCUT2D eigenvalue weighted by atomic mass is 16.2. The summed E-state index contributed by atoms with van der Waals surface area (Å²) in [5.41, 5.74) is 7.33. The summed E-state index contributed by atoms with van der Waals surface area (Å²) in [6.07, 6.45) is 8.73. The van der Waals surface area contributed by atoms with E-state index >= 15 is 0 Å². The molecule has 0 heterocycles. The molecular weight excluding hydrogens is 272 g/mol. The SMILES string of the molecule is NC1CCC(C(=O)N(CCc2ccccc2)C2CCCC2)C1. The number of nitrogens with zero attached hydrogens (tertiary/aromatic N) is 1. The fourth-order valence-corrected chi connectivity index (χ4v) is 4.06. The molecule has 0 aliphatic heterocycles. The zero-order valence-corrected chi connectivity index (χ0v) is 13.4. The Labute approximate surface area is 133 Å². The van der Waals surface area contributed by atoms with E-state index in [1.807, 2.05) is 6.07 Å². The lowest BCUT2D eigenvalue weighted by Gasteiger charge is -2.31. The van der Waals surface area contributed by atoms with E-state index in [2.05, 4.69) is 29.2 Å². The third kappa shape index (κ3) is 3.70. The molecule has 2 aliphatic rings. The van der Waals surface area contributed by atoms with Gasteiger partial charge in [-0.05, 0) is 44.1 Å². The lowest BCUT2D eigenvalue weighted by atomic mass is 10.0. The van der Waals surface area contributed by atoms with Crippen LogP contribution in [0.2, 0.25) is 0 Å². The lowest BCUT2D eigenvalue weighted by molar-refractivity contribution is -0.137. The summed E-state index contributed by atoms with van der Waals surface area (Å²) in [6, 6.07) is 11.2. The van der Waals surface area contributed by atoms with E-state index in [-0.39, 0.29) is 12.0 Å². The van der Waals surface area contributed by atoms with E-state index in [4.69, 9.17) is 5.73 Å². The molecule has 2 fully saturated rings. The third-order valence-corrected chi connectivity index (χ3v) is 5.36. The second-order valence-electron chi connectivity index (χ2n) is 6.98. The highest BCUT2D eigenvalue weighted by molar-refractivity contribution is 5.79. The molecule has 0 spiro atoms. The van der Waals surface area contributed by atoms with Gasteiger partial charge in [-0.3, -0.25) is 4.79 Å². The maximum absolute atomic E-state index is 13.0. The molecule has 0 aromatic heterocycles. The van der Waals surface area contributed by atoms with E-state index in [1.165, 1.54) is 31.2 Å². The van der Waals surface area contributed by atoms with Gasteiger partial charge in [-0.15, -0.1) is 0 Å². The monoisotopic (exact) mass is 300 g/mol. The number of carbonyl (C=O) groups excluding carboxylic acids is 1. The first-order valence-corrected chi connectivity index (χ1v) is 8.84. The Hall–Kier alpha value is -1.35. The largest absolute Gasteiger partial charge is 0.339 e. The van der Waals surface area contributed by atoms with Gasteiger partial charge in [0.2, 0.25) is 5.91 Å². The summed E-state index contributed by atoms with van der Waals surface area (Å²) >= 11 is 0. The van der Waals surface area contributed by atoms with E-state index in [1.54, 1.807) is 0 Å². The zero-order valence-electron chi connectivity index (χ0n) is 13.4. The molecular formula is C19H28N2O. The van der Waals surface area contributed by atoms with Gasteiger partial charge in [-0.25, -0.2) is 0 Å². The van der Waals surface area contributed by atoms with Crippen molar-refractivity contribution in [2.45, 2.75) is 63.5 Å². The molecule has 2 saturated carbocycles.